The predicted octanol–water partition coefficient (Wildman–Crippen LogP) is 3.05. The third-order valence-electron chi connectivity index (χ3n) is 6.27. The number of nitrogens with zero attached hydrogens (tertiary/aromatic N) is 3. The van der Waals surface area contributed by atoms with E-state index in [1.165, 1.54) is 0 Å². The topological polar surface area (TPSA) is 28.6 Å². The van der Waals surface area contributed by atoms with Gasteiger partial charge in [-0.25, -0.2) is 8.78 Å². The van der Waals surface area contributed by atoms with Gasteiger partial charge in [-0.2, -0.15) is 0 Å². The number of piperidine rings is 1. The Balaban J connectivity index is 1.46. The van der Waals surface area contributed by atoms with E-state index in [0.717, 1.165) is 38.3 Å². The third kappa shape index (κ3) is 3.38. The molecule has 0 radical (unpaired) electrons. The van der Waals surface area contributed by atoms with Crippen LogP contribution in [0.25, 0.3) is 0 Å². The first-order valence-corrected chi connectivity index (χ1v) is 9.41. The van der Waals surface area contributed by atoms with E-state index < -0.39 is 11.3 Å². The van der Waals surface area contributed by atoms with Crippen molar-refractivity contribution in [1.29, 1.82) is 0 Å². The molecular formula is C19H27F2N3O. The summed E-state index contributed by atoms with van der Waals surface area (Å²) in [6, 6.07) is 3.84. The minimum atomic E-state index is -2.59. The fourth-order valence-electron chi connectivity index (χ4n) is 4.70. The number of aromatic nitrogens is 1. The van der Waals surface area contributed by atoms with E-state index in [1.807, 2.05) is 12.1 Å². The molecule has 138 valence electrons. The molecule has 6 heteroatoms. The standard InChI is InChI=1S/C19H27F2N3O/c20-19(21)6-8-23(13-16-3-10-25-11-4-16)14-18(19)5-9-24(15-18)17-2-1-7-22-12-17/h1-2,7,12,16H,3-6,8-11,13-15H2/t18-/m1/s1. The molecule has 0 aromatic carbocycles. The zero-order chi connectivity index (χ0) is 17.3. The minimum absolute atomic E-state index is 0.0168. The Hall–Kier alpha value is -1.27. The van der Waals surface area contributed by atoms with Gasteiger partial charge in [-0.05, 0) is 37.3 Å². The van der Waals surface area contributed by atoms with Crippen LogP contribution in [0.2, 0.25) is 0 Å². The van der Waals surface area contributed by atoms with Crippen LogP contribution >= 0.6 is 0 Å². The number of anilines is 1. The summed E-state index contributed by atoms with van der Waals surface area (Å²) >= 11 is 0. The fraction of sp³-hybridized carbons (Fsp3) is 0.737. The number of rotatable bonds is 3. The molecule has 1 spiro atoms. The normalized spacial score (nSPS) is 30.9. The molecule has 1 atom stereocenters. The Kier molecular flexibility index (Phi) is 4.67. The van der Waals surface area contributed by atoms with Crippen molar-refractivity contribution >= 4 is 5.69 Å². The van der Waals surface area contributed by atoms with Gasteiger partial charge in [0.15, 0.2) is 0 Å². The van der Waals surface area contributed by atoms with Gasteiger partial charge < -0.3 is 14.5 Å². The van der Waals surface area contributed by atoms with E-state index in [2.05, 4.69) is 14.8 Å². The molecule has 0 amide bonds. The smallest absolute Gasteiger partial charge is 0.257 e. The van der Waals surface area contributed by atoms with Crippen molar-refractivity contribution in [3.63, 3.8) is 0 Å². The van der Waals surface area contributed by atoms with Crippen molar-refractivity contribution in [2.75, 3.05) is 50.8 Å². The highest BCUT2D eigenvalue weighted by atomic mass is 19.3. The van der Waals surface area contributed by atoms with Gasteiger partial charge in [0, 0.05) is 58.6 Å². The van der Waals surface area contributed by atoms with Gasteiger partial charge in [-0.15, -0.1) is 0 Å². The lowest BCUT2D eigenvalue weighted by Gasteiger charge is -2.47. The first-order chi connectivity index (χ1) is 12.1. The molecule has 4 rings (SSSR count). The predicted molar refractivity (Wildman–Crippen MR) is 93.0 cm³/mol. The van der Waals surface area contributed by atoms with Crippen molar-refractivity contribution in [2.24, 2.45) is 11.3 Å². The number of pyridine rings is 1. The molecule has 0 aliphatic carbocycles. The van der Waals surface area contributed by atoms with Crippen molar-refractivity contribution in [1.82, 2.24) is 9.88 Å². The van der Waals surface area contributed by atoms with Crippen LogP contribution in [-0.2, 0) is 4.74 Å². The summed E-state index contributed by atoms with van der Waals surface area (Å²) in [5.41, 5.74) is 0.0310. The minimum Gasteiger partial charge on any atom is -0.381 e. The maximum atomic E-state index is 14.9. The maximum Gasteiger partial charge on any atom is 0.257 e. The SMILES string of the molecule is FC1(F)CCN(CC2CCOCC2)C[C@@]12CCN(c1cccnc1)C2. The van der Waals surface area contributed by atoms with Gasteiger partial charge in [0.2, 0.25) is 0 Å². The van der Waals surface area contributed by atoms with Gasteiger partial charge in [-0.3, -0.25) is 4.98 Å². The second-order valence-electron chi connectivity index (χ2n) is 7.91. The Morgan fingerprint density at radius 3 is 2.76 bits per heavy atom. The lowest BCUT2D eigenvalue weighted by atomic mass is 9.75. The Labute approximate surface area is 148 Å². The largest absolute Gasteiger partial charge is 0.381 e. The molecule has 0 N–H and O–H groups in total. The zero-order valence-corrected chi connectivity index (χ0v) is 14.7. The van der Waals surface area contributed by atoms with Gasteiger partial charge in [0.05, 0.1) is 17.3 Å². The van der Waals surface area contributed by atoms with Crippen LogP contribution < -0.4 is 4.90 Å². The van der Waals surface area contributed by atoms with Gasteiger partial charge in [-0.1, -0.05) is 0 Å². The highest BCUT2D eigenvalue weighted by Crippen LogP contribution is 2.50. The summed E-state index contributed by atoms with van der Waals surface area (Å²) in [6.07, 6.45) is 6.15. The third-order valence-corrected chi connectivity index (χ3v) is 6.27. The summed E-state index contributed by atoms with van der Waals surface area (Å²) in [4.78, 5) is 8.51. The fourth-order valence-corrected chi connectivity index (χ4v) is 4.70. The highest BCUT2D eigenvalue weighted by molar-refractivity contribution is 5.45. The number of likely N-dealkylation sites (tertiary alicyclic amines) is 1. The van der Waals surface area contributed by atoms with E-state index >= 15 is 0 Å². The van der Waals surface area contributed by atoms with Crippen molar-refractivity contribution in [3.05, 3.63) is 24.5 Å². The van der Waals surface area contributed by atoms with Gasteiger partial charge >= 0.3 is 0 Å². The van der Waals surface area contributed by atoms with Crippen molar-refractivity contribution < 1.29 is 13.5 Å². The average molecular weight is 351 g/mol. The second-order valence-corrected chi connectivity index (χ2v) is 7.91. The number of hydrogen-bond donors (Lipinski definition) is 0. The Bertz CT molecular complexity index is 579. The number of alkyl halides is 2. The Morgan fingerprint density at radius 1 is 1.16 bits per heavy atom. The lowest BCUT2D eigenvalue weighted by Crippen LogP contribution is -2.57. The first-order valence-electron chi connectivity index (χ1n) is 9.41. The number of hydrogen-bond acceptors (Lipinski definition) is 4. The molecular weight excluding hydrogens is 324 g/mol. The summed E-state index contributed by atoms with van der Waals surface area (Å²) in [5, 5.41) is 0. The van der Waals surface area contributed by atoms with Crippen LogP contribution in [0.4, 0.5) is 14.5 Å². The number of ether oxygens (including phenoxy) is 1. The van der Waals surface area contributed by atoms with Crippen molar-refractivity contribution in [2.45, 2.75) is 31.6 Å². The maximum absolute atomic E-state index is 14.9. The van der Waals surface area contributed by atoms with E-state index in [9.17, 15) is 8.78 Å². The molecule has 3 aliphatic heterocycles. The molecule has 0 unspecified atom stereocenters. The molecule has 3 fully saturated rings. The average Bonchev–Trinajstić information content (AvgIpc) is 3.06. The molecule has 4 nitrogen and oxygen atoms in total. The molecule has 4 heterocycles. The quantitative estimate of drug-likeness (QED) is 0.837. The molecule has 3 aliphatic rings. The van der Waals surface area contributed by atoms with E-state index in [0.29, 0.717) is 38.5 Å². The van der Waals surface area contributed by atoms with E-state index in [1.54, 1.807) is 12.4 Å². The lowest BCUT2D eigenvalue weighted by molar-refractivity contribution is -0.159. The second kappa shape index (κ2) is 6.80. The van der Waals surface area contributed by atoms with Crippen LogP contribution in [-0.4, -0.2) is 61.7 Å². The Morgan fingerprint density at radius 2 is 2.00 bits per heavy atom. The molecule has 3 saturated heterocycles. The van der Waals surface area contributed by atoms with Crippen LogP contribution in [0.5, 0.6) is 0 Å². The molecule has 1 aromatic heterocycles. The zero-order valence-electron chi connectivity index (χ0n) is 14.7. The van der Waals surface area contributed by atoms with E-state index in [-0.39, 0.29) is 6.42 Å². The highest BCUT2D eigenvalue weighted by Gasteiger charge is 2.59. The summed E-state index contributed by atoms with van der Waals surface area (Å²) in [7, 11) is 0. The summed E-state index contributed by atoms with van der Waals surface area (Å²) in [5.74, 6) is -2.00. The van der Waals surface area contributed by atoms with E-state index in [4.69, 9.17) is 4.74 Å². The molecule has 25 heavy (non-hydrogen) atoms. The van der Waals surface area contributed by atoms with Crippen LogP contribution in [0, 0.1) is 11.3 Å². The van der Waals surface area contributed by atoms with Crippen LogP contribution in [0.3, 0.4) is 0 Å². The van der Waals surface area contributed by atoms with Gasteiger partial charge in [0.1, 0.15) is 0 Å². The van der Waals surface area contributed by atoms with Gasteiger partial charge in [0.25, 0.3) is 5.92 Å². The molecule has 0 saturated carbocycles. The molecule has 0 bridgehead atoms. The summed E-state index contributed by atoms with van der Waals surface area (Å²) in [6.45, 7) is 4.70. The first kappa shape index (κ1) is 17.2. The monoisotopic (exact) mass is 351 g/mol. The number of halogens is 2. The summed E-state index contributed by atoms with van der Waals surface area (Å²) < 4.78 is 35.3. The van der Waals surface area contributed by atoms with Crippen molar-refractivity contribution in [3.8, 4) is 0 Å². The van der Waals surface area contributed by atoms with Crippen LogP contribution in [0.15, 0.2) is 24.5 Å². The van der Waals surface area contributed by atoms with Crippen LogP contribution in [0.1, 0.15) is 25.7 Å². The molecule has 1 aromatic rings.